The molecule has 3 heteroatoms. The van der Waals surface area contributed by atoms with Gasteiger partial charge in [0, 0.05) is 37.0 Å². The maximum atomic E-state index is 13.1. The molecule has 166 valence electrons. The number of hydrogen-bond donors (Lipinski definition) is 0. The van der Waals surface area contributed by atoms with Crippen molar-refractivity contribution in [3.05, 3.63) is 41.5 Å². The maximum absolute atomic E-state index is 13.1. The van der Waals surface area contributed by atoms with Crippen LogP contribution in [0, 0.1) is 29.1 Å². The summed E-state index contributed by atoms with van der Waals surface area (Å²) in [7, 11) is 2.15. The van der Waals surface area contributed by atoms with Gasteiger partial charge in [-0.25, -0.2) is 0 Å². The third-order valence-electron chi connectivity index (χ3n) is 9.52. The van der Waals surface area contributed by atoms with E-state index in [2.05, 4.69) is 57.0 Å². The molecule has 0 N–H and O–H groups in total. The topological polar surface area (TPSA) is 37.4 Å². The van der Waals surface area contributed by atoms with E-state index >= 15 is 0 Å². The molecule has 4 aliphatic carbocycles. The second-order valence-corrected chi connectivity index (χ2v) is 11.2. The first-order valence-corrected chi connectivity index (χ1v) is 12.4. The first-order valence-electron chi connectivity index (χ1n) is 12.4. The first kappa shape index (κ1) is 21.0. The molecule has 0 aromatic heterocycles. The molecule has 0 aliphatic heterocycles. The molecule has 31 heavy (non-hydrogen) atoms. The van der Waals surface area contributed by atoms with Crippen LogP contribution in [0.4, 0.5) is 5.69 Å². The lowest BCUT2D eigenvalue weighted by Gasteiger charge is -2.55. The fourth-order valence-corrected chi connectivity index (χ4v) is 7.68. The van der Waals surface area contributed by atoms with Gasteiger partial charge in [-0.1, -0.05) is 24.6 Å². The average Bonchev–Trinajstić information content (AvgIpc) is 3.06. The second kappa shape index (κ2) is 7.60. The molecule has 3 fully saturated rings. The number of benzene rings is 1. The van der Waals surface area contributed by atoms with Crippen molar-refractivity contribution in [1.82, 2.24) is 0 Å². The Bertz CT molecular complexity index is 913. The number of hydrogen-bond acceptors (Lipinski definition) is 3. The highest BCUT2D eigenvalue weighted by atomic mass is 16.1. The van der Waals surface area contributed by atoms with Gasteiger partial charge < -0.3 is 4.90 Å². The molecule has 0 saturated heterocycles. The summed E-state index contributed by atoms with van der Waals surface area (Å²) >= 11 is 0. The smallest absolute Gasteiger partial charge is 0.155 e. The van der Waals surface area contributed by atoms with Gasteiger partial charge in [0.1, 0.15) is 5.78 Å². The summed E-state index contributed by atoms with van der Waals surface area (Å²) in [4.78, 5) is 27.5. The van der Waals surface area contributed by atoms with Crippen molar-refractivity contribution in [2.45, 2.75) is 77.7 Å². The van der Waals surface area contributed by atoms with Crippen molar-refractivity contribution >= 4 is 17.3 Å². The average molecular weight is 420 g/mol. The Morgan fingerprint density at radius 2 is 1.71 bits per heavy atom. The monoisotopic (exact) mass is 419 g/mol. The Labute approximate surface area is 187 Å². The highest BCUT2D eigenvalue weighted by Gasteiger charge is 2.59. The number of allylic oxidation sites excluding steroid dienone is 1. The predicted molar refractivity (Wildman–Crippen MR) is 125 cm³/mol. The number of fused-ring (bicyclic) bond motifs is 5. The molecule has 0 radical (unpaired) electrons. The molecule has 3 saturated carbocycles. The molecule has 0 unspecified atom stereocenters. The van der Waals surface area contributed by atoms with Crippen molar-refractivity contribution in [2.24, 2.45) is 29.1 Å². The summed E-state index contributed by atoms with van der Waals surface area (Å²) in [6.07, 6.45) is 8.72. The Kier molecular flexibility index (Phi) is 5.14. The lowest BCUT2D eigenvalue weighted by Crippen LogP contribution is -2.50. The van der Waals surface area contributed by atoms with Gasteiger partial charge in [-0.3, -0.25) is 9.59 Å². The zero-order valence-corrected chi connectivity index (χ0v) is 19.6. The summed E-state index contributed by atoms with van der Waals surface area (Å²) in [6.45, 7) is 6.70. The molecule has 0 spiro atoms. The maximum Gasteiger partial charge on any atom is 0.155 e. The normalized spacial score (nSPS) is 37.2. The van der Waals surface area contributed by atoms with E-state index in [9.17, 15) is 9.59 Å². The predicted octanol–water partition coefficient (Wildman–Crippen LogP) is 5.94. The van der Waals surface area contributed by atoms with Crippen molar-refractivity contribution in [1.29, 1.82) is 0 Å². The lowest BCUT2D eigenvalue weighted by molar-refractivity contribution is -0.132. The standard InChI is InChI=1S/C28H37NO2/c1-17(2)29(4)20-8-5-18(6-9-20)24-16-28(3)25(13-14-26(28)31)23-11-7-19-15-21(30)10-12-22(19)27(23)24/h5-6,8-9,15,17,22-25,27H,7,10-14,16H2,1-4H3/t22-,23-,24+,25-,27+,28-/m0/s1. The largest absolute Gasteiger partial charge is 0.372 e. The summed E-state index contributed by atoms with van der Waals surface area (Å²) in [5.41, 5.74) is 3.89. The molecule has 4 aliphatic rings. The summed E-state index contributed by atoms with van der Waals surface area (Å²) in [5, 5.41) is 0. The molecular formula is C28H37NO2. The number of ketones is 2. The van der Waals surface area contributed by atoms with Crippen LogP contribution in [0.5, 0.6) is 0 Å². The Morgan fingerprint density at radius 1 is 0.968 bits per heavy atom. The third-order valence-corrected chi connectivity index (χ3v) is 9.52. The van der Waals surface area contributed by atoms with Crippen LogP contribution in [-0.4, -0.2) is 24.7 Å². The van der Waals surface area contributed by atoms with Gasteiger partial charge in [0.15, 0.2) is 5.78 Å². The van der Waals surface area contributed by atoms with Gasteiger partial charge in [-0.05, 0) is 99.3 Å². The van der Waals surface area contributed by atoms with E-state index in [1.165, 1.54) is 16.8 Å². The van der Waals surface area contributed by atoms with Gasteiger partial charge in [0.25, 0.3) is 0 Å². The lowest BCUT2D eigenvalue weighted by atomic mass is 9.48. The van der Waals surface area contributed by atoms with E-state index in [4.69, 9.17) is 0 Å². The second-order valence-electron chi connectivity index (χ2n) is 11.2. The molecule has 0 heterocycles. The molecule has 0 amide bonds. The number of rotatable bonds is 3. The van der Waals surface area contributed by atoms with E-state index in [0.717, 1.165) is 38.5 Å². The summed E-state index contributed by atoms with van der Waals surface area (Å²) in [5.74, 6) is 3.48. The van der Waals surface area contributed by atoms with Crippen molar-refractivity contribution < 1.29 is 9.59 Å². The fraction of sp³-hybridized carbons (Fsp3) is 0.643. The van der Waals surface area contributed by atoms with Gasteiger partial charge in [-0.15, -0.1) is 0 Å². The molecule has 3 nitrogen and oxygen atoms in total. The zero-order valence-electron chi connectivity index (χ0n) is 19.6. The van der Waals surface area contributed by atoms with E-state index in [0.29, 0.717) is 53.6 Å². The molecule has 0 bridgehead atoms. The zero-order chi connectivity index (χ0) is 21.9. The summed E-state index contributed by atoms with van der Waals surface area (Å²) in [6, 6.07) is 9.64. The third kappa shape index (κ3) is 3.31. The number of Topliss-reactive ketones (excluding diaryl/α,β-unsaturated/α-hetero) is 1. The quantitative estimate of drug-likeness (QED) is 0.609. The minimum absolute atomic E-state index is 0.162. The van der Waals surface area contributed by atoms with E-state index in [1.54, 1.807) is 0 Å². The highest BCUT2D eigenvalue weighted by Crippen LogP contribution is 2.64. The van der Waals surface area contributed by atoms with Crippen molar-refractivity contribution in [2.75, 3.05) is 11.9 Å². The van der Waals surface area contributed by atoms with Crippen LogP contribution in [0.2, 0.25) is 0 Å². The molecule has 5 rings (SSSR count). The number of carbonyl (C=O) groups is 2. The van der Waals surface area contributed by atoms with Crippen LogP contribution in [0.1, 0.15) is 77.2 Å². The van der Waals surface area contributed by atoms with Gasteiger partial charge in [0.05, 0.1) is 0 Å². The van der Waals surface area contributed by atoms with Gasteiger partial charge in [0.2, 0.25) is 0 Å². The Balaban J connectivity index is 1.54. The van der Waals surface area contributed by atoms with Crippen LogP contribution in [0.3, 0.4) is 0 Å². The first-order chi connectivity index (χ1) is 14.8. The Hall–Kier alpha value is -1.90. The van der Waals surface area contributed by atoms with Crippen LogP contribution in [-0.2, 0) is 9.59 Å². The number of carbonyl (C=O) groups excluding carboxylic acids is 2. The van der Waals surface area contributed by atoms with Crippen LogP contribution < -0.4 is 4.90 Å². The van der Waals surface area contributed by atoms with E-state index < -0.39 is 0 Å². The van der Waals surface area contributed by atoms with Crippen LogP contribution in [0.25, 0.3) is 0 Å². The minimum Gasteiger partial charge on any atom is -0.372 e. The Morgan fingerprint density at radius 3 is 2.42 bits per heavy atom. The fourth-order valence-electron chi connectivity index (χ4n) is 7.68. The molecule has 6 atom stereocenters. The molecular weight excluding hydrogens is 382 g/mol. The van der Waals surface area contributed by atoms with Gasteiger partial charge >= 0.3 is 0 Å². The van der Waals surface area contributed by atoms with E-state index in [-0.39, 0.29) is 5.41 Å². The molecule has 1 aromatic carbocycles. The van der Waals surface area contributed by atoms with Gasteiger partial charge in [-0.2, -0.15) is 0 Å². The minimum atomic E-state index is -0.162. The summed E-state index contributed by atoms with van der Waals surface area (Å²) < 4.78 is 0. The SMILES string of the molecule is CC(C)N(C)c1ccc([C@H]2C[C@]3(C)C(=O)CC[C@H]3[C@@H]3CCC4=CC(=O)CC[C@@H]4[C@H]32)cc1. The van der Waals surface area contributed by atoms with E-state index in [1.807, 2.05) is 6.08 Å². The van der Waals surface area contributed by atoms with Crippen LogP contribution >= 0.6 is 0 Å². The number of anilines is 1. The highest BCUT2D eigenvalue weighted by molar-refractivity contribution is 5.91. The number of nitrogens with zero attached hydrogens (tertiary/aromatic N) is 1. The molecule has 1 aromatic rings. The van der Waals surface area contributed by atoms with Crippen molar-refractivity contribution in [3.63, 3.8) is 0 Å². The van der Waals surface area contributed by atoms with Crippen LogP contribution in [0.15, 0.2) is 35.9 Å². The van der Waals surface area contributed by atoms with Crippen molar-refractivity contribution in [3.8, 4) is 0 Å².